The van der Waals surface area contributed by atoms with E-state index >= 15 is 0 Å². The second-order valence-corrected chi connectivity index (χ2v) is 7.40. The van der Waals surface area contributed by atoms with Gasteiger partial charge in [-0.25, -0.2) is 14.0 Å². The van der Waals surface area contributed by atoms with Crippen molar-refractivity contribution in [2.45, 2.75) is 25.6 Å². The topological polar surface area (TPSA) is 81.7 Å². The molecule has 1 aliphatic heterocycles. The maximum absolute atomic E-state index is 13.7. The van der Waals surface area contributed by atoms with Gasteiger partial charge in [-0.05, 0) is 48.4 Å². The maximum Gasteiger partial charge on any atom is 0.339 e. The van der Waals surface area contributed by atoms with Crippen LogP contribution in [0.1, 0.15) is 44.9 Å². The van der Waals surface area contributed by atoms with Gasteiger partial charge in [0.05, 0.1) is 16.8 Å². The molecule has 0 saturated heterocycles. The molecule has 4 rings (SSSR count). The number of fused-ring (bicyclic) bond motifs is 1. The number of carbonyl (C=O) groups excluding carboxylic acids is 3. The zero-order valence-corrected chi connectivity index (χ0v) is 17.2. The van der Waals surface area contributed by atoms with Gasteiger partial charge in [0.15, 0.2) is 6.10 Å². The van der Waals surface area contributed by atoms with Crippen LogP contribution < -0.4 is 5.32 Å². The monoisotopic (exact) mass is 433 g/mol. The molecule has 32 heavy (non-hydrogen) atoms. The van der Waals surface area contributed by atoms with Gasteiger partial charge in [-0.3, -0.25) is 4.79 Å². The first-order valence-electron chi connectivity index (χ1n) is 10.1. The zero-order chi connectivity index (χ0) is 22.7. The number of rotatable bonds is 5. The van der Waals surface area contributed by atoms with Crippen LogP contribution in [0.2, 0.25) is 0 Å². The molecule has 162 valence electrons. The van der Waals surface area contributed by atoms with E-state index in [0.717, 1.165) is 5.56 Å². The normalized spacial score (nSPS) is 15.8. The van der Waals surface area contributed by atoms with Gasteiger partial charge in [0.25, 0.3) is 5.91 Å². The Bertz CT molecular complexity index is 1180. The predicted octanol–water partition coefficient (Wildman–Crippen LogP) is 4.46. The molecule has 0 aromatic heterocycles. The molecule has 0 saturated carbocycles. The van der Waals surface area contributed by atoms with Crippen molar-refractivity contribution in [2.75, 3.05) is 5.32 Å². The number of nitrogens with one attached hydrogen (secondary N) is 1. The molecule has 3 aromatic rings. The summed E-state index contributed by atoms with van der Waals surface area (Å²) in [7, 11) is 0. The minimum absolute atomic E-state index is 0.000328. The molecule has 6 nitrogen and oxygen atoms in total. The Kier molecular flexibility index (Phi) is 5.98. The molecule has 0 unspecified atom stereocenters. The minimum atomic E-state index is -1.15. The number of benzene rings is 3. The number of anilines is 1. The first-order chi connectivity index (χ1) is 15.4. The Balaban J connectivity index is 1.46. The number of para-hydroxylation sites is 1. The third-order valence-corrected chi connectivity index (χ3v) is 5.17. The summed E-state index contributed by atoms with van der Waals surface area (Å²) in [5.74, 6) is -2.43. The highest BCUT2D eigenvalue weighted by Crippen LogP contribution is 2.31. The molecule has 7 heteroatoms. The lowest BCUT2D eigenvalue weighted by molar-refractivity contribution is -0.123. The van der Waals surface area contributed by atoms with E-state index in [2.05, 4.69) is 5.32 Å². The number of ether oxygens (including phenoxy) is 2. The fourth-order valence-corrected chi connectivity index (χ4v) is 3.46. The molecule has 0 fully saturated rings. The fourth-order valence-electron chi connectivity index (χ4n) is 3.46. The number of carbonyl (C=O) groups is 3. The van der Waals surface area contributed by atoms with Crippen LogP contribution in [0.4, 0.5) is 10.1 Å². The highest BCUT2D eigenvalue weighted by molar-refractivity contribution is 5.98. The Hall–Kier alpha value is -4.00. The number of halogens is 1. The SMILES string of the molecule is C[C@H](OC(=O)c1ccc2c(c1)C[C@@H](c1ccccc1)OC2=O)C(=O)Nc1ccccc1F. The van der Waals surface area contributed by atoms with E-state index in [-0.39, 0.29) is 11.3 Å². The van der Waals surface area contributed by atoms with Crippen molar-refractivity contribution in [1.29, 1.82) is 0 Å². The van der Waals surface area contributed by atoms with Crippen LogP contribution in [0, 0.1) is 5.82 Å². The van der Waals surface area contributed by atoms with Crippen molar-refractivity contribution in [3.05, 3.63) is 101 Å². The lowest BCUT2D eigenvalue weighted by Crippen LogP contribution is -2.30. The molecule has 1 aliphatic rings. The van der Waals surface area contributed by atoms with Gasteiger partial charge in [-0.1, -0.05) is 42.5 Å². The van der Waals surface area contributed by atoms with Crippen LogP contribution in [0.3, 0.4) is 0 Å². The number of amides is 1. The molecule has 1 N–H and O–H groups in total. The van der Waals surface area contributed by atoms with Crippen LogP contribution in [0.15, 0.2) is 72.8 Å². The second-order valence-electron chi connectivity index (χ2n) is 7.40. The first-order valence-corrected chi connectivity index (χ1v) is 10.1. The van der Waals surface area contributed by atoms with Crippen LogP contribution in [0.25, 0.3) is 0 Å². The number of hydrogen-bond acceptors (Lipinski definition) is 5. The van der Waals surface area contributed by atoms with Crippen molar-refractivity contribution in [2.24, 2.45) is 0 Å². The summed E-state index contributed by atoms with van der Waals surface area (Å²) in [4.78, 5) is 37.3. The van der Waals surface area contributed by atoms with Crippen molar-refractivity contribution in [3.8, 4) is 0 Å². The third kappa shape index (κ3) is 4.51. The quantitative estimate of drug-likeness (QED) is 0.601. The van der Waals surface area contributed by atoms with E-state index in [1.54, 1.807) is 12.1 Å². The van der Waals surface area contributed by atoms with Crippen LogP contribution >= 0.6 is 0 Å². The largest absolute Gasteiger partial charge is 0.454 e. The summed E-state index contributed by atoms with van der Waals surface area (Å²) in [5, 5.41) is 2.39. The lowest BCUT2D eigenvalue weighted by atomic mass is 9.93. The molecule has 1 heterocycles. The molecule has 1 amide bonds. The Morgan fingerprint density at radius 3 is 2.53 bits per heavy atom. The van der Waals surface area contributed by atoms with E-state index in [1.165, 1.54) is 37.3 Å². The zero-order valence-electron chi connectivity index (χ0n) is 17.2. The number of esters is 2. The Morgan fingerprint density at radius 1 is 1.06 bits per heavy atom. The van der Waals surface area contributed by atoms with Gasteiger partial charge in [-0.2, -0.15) is 0 Å². The Morgan fingerprint density at radius 2 is 1.78 bits per heavy atom. The van der Waals surface area contributed by atoms with E-state index in [0.29, 0.717) is 17.5 Å². The molecule has 0 spiro atoms. The van der Waals surface area contributed by atoms with Gasteiger partial charge < -0.3 is 14.8 Å². The maximum atomic E-state index is 13.7. The van der Waals surface area contributed by atoms with Crippen molar-refractivity contribution < 1.29 is 28.2 Å². The predicted molar refractivity (Wildman–Crippen MR) is 115 cm³/mol. The summed E-state index contributed by atoms with van der Waals surface area (Å²) >= 11 is 0. The smallest absolute Gasteiger partial charge is 0.339 e. The average Bonchev–Trinajstić information content (AvgIpc) is 2.80. The summed E-state index contributed by atoms with van der Waals surface area (Å²) in [6, 6.07) is 19.6. The summed E-state index contributed by atoms with van der Waals surface area (Å²) < 4.78 is 24.5. The highest BCUT2D eigenvalue weighted by Gasteiger charge is 2.29. The lowest BCUT2D eigenvalue weighted by Gasteiger charge is -2.25. The molecule has 2 atom stereocenters. The molecule has 3 aromatic carbocycles. The van der Waals surface area contributed by atoms with Crippen molar-refractivity contribution in [1.82, 2.24) is 0 Å². The van der Waals surface area contributed by atoms with Gasteiger partial charge in [0.1, 0.15) is 11.9 Å². The standard InChI is InChI=1S/C25H20FNO5/c1-15(23(28)27-21-10-6-5-9-20(21)26)31-24(29)17-11-12-19-18(13-17)14-22(32-25(19)30)16-7-3-2-4-8-16/h2-13,15,22H,14H2,1H3,(H,27,28)/t15-,22-/m0/s1. The average molecular weight is 433 g/mol. The minimum Gasteiger partial charge on any atom is -0.454 e. The molecule has 0 bridgehead atoms. The van der Waals surface area contributed by atoms with Crippen LogP contribution in [-0.2, 0) is 20.7 Å². The van der Waals surface area contributed by atoms with Crippen LogP contribution in [-0.4, -0.2) is 23.9 Å². The number of cyclic esters (lactones) is 1. The fraction of sp³-hybridized carbons (Fsp3) is 0.160. The van der Waals surface area contributed by atoms with E-state index < -0.39 is 35.9 Å². The van der Waals surface area contributed by atoms with Gasteiger partial charge in [-0.15, -0.1) is 0 Å². The summed E-state index contributed by atoms with van der Waals surface area (Å²) in [5.41, 5.74) is 2.11. The molecular formula is C25H20FNO5. The van der Waals surface area contributed by atoms with Crippen LogP contribution in [0.5, 0.6) is 0 Å². The first kappa shape index (κ1) is 21.2. The van der Waals surface area contributed by atoms with Gasteiger partial charge in [0, 0.05) is 6.42 Å². The molecular weight excluding hydrogens is 413 g/mol. The van der Waals surface area contributed by atoms with Gasteiger partial charge in [0.2, 0.25) is 0 Å². The van der Waals surface area contributed by atoms with E-state index in [1.807, 2.05) is 30.3 Å². The second kappa shape index (κ2) is 9.01. The van der Waals surface area contributed by atoms with Crippen molar-refractivity contribution >= 4 is 23.5 Å². The Labute approximate surface area is 184 Å². The van der Waals surface area contributed by atoms with Gasteiger partial charge >= 0.3 is 11.9 Å². The molecule has 0 radical (unpaired) electrons. The van der Waals surface area contributed by atoms with E-state index in [4.69, 9.17) is 9.47 Å². The highest BCUT2D eigenvalue weighted by atomic mass is 19.1. The third-order valence-electron chi connectivity index (χ3n) is 5.17. The summed E-state index contributed by atoms with van der Waals surface area (Å²) in [6.45, 7) is 1.40. The number of hydrogen-bond donors (Lipinski definition) is 1. The molecule has 0 aliphatic carbocycles. The van der Waals surface area contributed by atoms with E-state index in [9.17, 15) is 18.8 Å². The summed E-state index contributed by atoms with van der Waals surface area (Å²) in [6.07, 6.45) is -1.19. The van der Waals surface area contributed by atoms with Crippen molar-refractivity contribution in [3.63, 3.8) is 0 Å².